The van der Waals surface area contributed by atoms with Crippen molar-refractivity contribution < 1.29 is 0 Å². The Morgan fingerprint density at radius 3 is 1.69 bits per heavy atom. The van der Waals surface area contributed by atoms with Crippen LogP contribution in [-0.2, 0) is 0 Å². The summed E-state index contributed by atoms with van der Waals surface area (Å²) < 4.78 is 4.46. The highest BCUT2D eigenvalue weighted by atomic mass is 15.1. The van der Waals surface area contributed by atoms with Gasteiger partial charge >= 0.3 is 0 Å². The van der Waals surface area contributed by atoms with Gasteiger partial charge in [-0.3, -0.25) is 14.1 Å². The molecule has 5 heterocycles. The maximum absolute atomic E-state index is 4.96. The number of fused-ring (bicyclic) bond motifs is 7. The molecule has 0 fully saturated rings. The van der Waals surface area contributed by atoms with E-state index in [1.165, 1.54) is 0 Å². The van der Waals surface area contributed by atoms with Crippen LogP contribution in [0.3, 0.4) is 0 Å². The van der Waals surface area contributed by atoms with Gasteiger partial charge in [0.05, 0.1) is 27.6 Å². The summed E-state index contributed by atoms with van der Waals surface area (Å²) in [4.78, 5) is 14.4. The molecule has 0 saturated heterocycles. The highest BCUT2D eigenvalue weighted by Crippen LogP contribution is 2.39. The molecule has 7 aromatic rings. The predicted molar refractivity (Wildman–Crippen MR) is 129 cm³/mol. The van der Waals surface area contributed by atoms with Crippen LogP contribution in [0.4, 0.5) is 0 Å². The average Bonchev–Trinajstić information content (AvgIpc) is 3.38. The zero-order chi connectivity index (χ0) is 21.1. The van der Waals surface area contributed by atoms with Gasteiger partial charge in [0.15, 0.2) is 0 Å². The third kappa shape index (κ3) is 2.25. The molecule has 0 unspecified atom stereocenters. The van der Waals surface area contributed by atoms with Gasteiger partial charge in [-0.2, -0.15) is 0 Å². The van der Waals surface area contributed by atoms with E-state index in [0.717, 1.165) is 55.4 Å². The quantitative estimate of drug-likeness (QED) is 0.347. The van der Waals surface area contributed by atoms with Gasteiger partial charge in [0, 0.05) is 34.7 Å². The van der Waals surface area contributed by atoms with E-state index in [4.69, 9.17) is 15.0 Å². The fourth-order valence-electron chi connectivity index (χ4n) is 4.78. The summed E-state index contributed by atoms with van der Waals surface area (Å²) in [5.74, 6) is 1.75. The highest BCUT2D eigenvalue weighted by molar-refractivity contribution is 6.22. The maximum atomic E-state index is 4.96. The fourth-order valence-corrected chi connectivity index (χ4v) is 4.78. The maximum Gasteiger partial charge on any atom is 0.137 e. The normalized spacial score (nSPS) is 11.8. The molecule has 5 nitrogen and oxygen atoms in total. The largest absolute Gasteiger partial charge is 0.292 e. The molecule has 0 bridgehead atoms. The lowest BCUT2D eigenvalue weighted by Gasteiger charge is -2.10. The van der Waals surface area contributed by atoms with Crippen LogP contribution < -0.4 is 0 Å². The van der Waals surface area contributed by atoms with Crippen molar-refractivity contribution in [1.29, 1.82) is 0 Å². The second-order valence-corrected chi connectivity index (χ2v) is 7.80. The molecular weight excluding hydrogens is 394 g/mol. The lowest BCUT2D eigenvalue weighted by atomic mass is 10.2. The summed E-state index contributed by atoms with van der Waals surface area (Å²) in [5.41, 5.74) is 5.26. The molecule has 0 atom stereocenters. The van der Waals surface area contributed by atoms with E-state index in [9.17, 15) is 0 Å². The zero-order valence-electron chi connectivity index (χ0n) is 17.1. The minimum Gasteiger partial charge on any atom is -0.292 e. The summed E-state index contributed by atoms with van der Waals surface area (Å²) in [6.45, 7) is 0. The summed E-state index contributed by atoms with van der Waals surface area (Å²) >= 11 is 0. The second kappa shape index (κ2) is 6.49. The Morgan fingerprint density at radius 2 is 1.03 bits per heavy atom. The Hall–Kier alpha value is -4.51. The minimum atomic E-state index is 0.867. The summed E-state index contributed by atoms with van der Waals surface area (Å²) in [6, 6.07) is 28.8. The highest BCUT2D eigenvalue weighted by Gasteiger charge is 2.22. The minimum absolute atomic E-state index is 0.867. The SMILES string of the molecule is c1ccc(-n2c3ccccc3c3cnc4c5ccccc5n(-c5ccccn5)c4c32)nc1. The number of hydrogen-bond acceptors (Lipinski definition) is 3. The van der Waals surface area contributed by atoms with Gasteiger partial charge in [0.2, 0.25) is 0 Å². The van der Waals surface area contributed by atoms with Gasteiger partial charge in [-0.25, -0.2) is 9.97 Å². The van der Waals surface area contributed by atoms with Crippen LogP contribution in [0.5, 0.6) is 0 Å². The van der Waals surface area contributed by atoms with E-state index >= 15 is 0 Å². The first-order valence-corrected chi connectivity index (χ1v) is 10.6. The standard InChI is InChI=1S/C27H17N5/c1-3-11-21-18(9-1)20-17-30-25-19-10-2-4-12-22(19)32(24-14-6-8-16-29-24)27(25)26(20)31(21)23-13-5-7-15-28-23/h1-17H. The molecule has 2 aromatic carbocycles. The number of nitrogens with zero attached hydrogens (tertiary/aromatic N) is 5. The number of para-hydroxylation sites is 2. The van der Waals surface area contributed by atoms with E-state index in [-0.39, 0.29) is 0 Å². The van der Waals surface area contributed by atoms with Crippen molar-refractivity contribution in [3.8, 4) is 11.6 Å². The lowest BCUT2D eigenvalue weighted by molar-refractivity contribution is 1.06. The Labute approximate surface area is 183 Å². The number of aromatic nitrogens is 5. The van der Waals surface area contributed by atoms with Crippen molar-refractivity contribution in [3.05, 3.63) is 104 Å². The molecule has 0 spiro atoms. The molecule has 0 aliphatic rings. The van der Waals surface area contributed by atoms with Crippen molar-refractivity contribution in [3.63, 3.8) is 0 Å². The van der Waals surface area contributed by atoms with E-state index in [1.807, 2.05) is 55.0 Å². The topological polar surface area (TPSA) is 48.5 Å². The summed E-state index contributed by atoms with van der Waals surface area (Å²) in [7, 11) is 0. The number of hydrogen-bond donors (Lipinski definition) is 0. The molecule has 5 heteroatoms. The van der Waals surface area contributed by atoms with Gasteiger partial charge in [-0.05, 0) is 36.4 Å². The van der Waals surface area contributed by atoms with Gasteiger partial charge in [-0.1, -0.05) is 48.5 Å². The van der Waals surface area contributed by atoms with E-state index in [1.54, 1.807) is 0 Å². The lowest BCUT2D eigenvalue weighted by Crippen LogP contribution is -2.01. The first kappa shape index (κ1) is 17.2. The van der Waals surface area contributed by atoms with Gasteiger partial charge < -0.3 is 0 Å². The second-order valence-electron chi connectivity index (χ2n) is 7.80. The van der Waals surface area contributed by atoms with Crippen LogP contribution in [0.2, 0.25) is 0 Å². The Balaban J connectivity index is 1.81. The monoisotopic (exact) mass is 411 g/mol. The number of pyridine rings is 3. The van der Waals surface area contributed by atoms with Crippen LogP contribution in [0.1, 0.15) is 0 Å². The summed E-state index contributed by atoms with van der Waals surface area (Å²) in [6.07, 6.45) is 5.66. The van der Waals surface area contributed by atoms with E-state index in [0.29, 0.717) is 0 Å². The molecule has 0 saturated carbocycles. The van der Waals surface area contributed by atoms with E-state index in [2.05, 4.69) is 57.7 Å². The number of benzene rings is 2. The van der Waals surface area contributed by atoms with Gasteiger partial charge in [-0.15, -0.1) is 0 Å². The van der Waals surface area contributed by atoms with Crippen molar-refractivity contribution in [1.82, 2.24) is 24.1 Å². The van der Waals surface area contributed by atoms with E-state index < -0.39 is 0 Å². The fraction of sp³-hybridized carbons (Fsp3) is 0. The Bertz CT molecular complexity index is 1630. The molecule has 0 aliphatic heterocycles. The smallest absolute Gasteiger partial charge is 0.137 e. The van der Waals surface area contributed by atoms with Crippen LogP contribution in [0.15, 0.2) is 104 Å². The summed E-state index contributed by atoms with van der Waals surface area (Å²) in [5, 5.41) is 3.35. The van der Waals surface area contributed by atoms with Crippen molar-refractivity contribution in [2.75, 3.05) is 0 Å². The first-order valence-electron chi connectivity index (χ1n) is 10.6. The van der Waals surface area contributed by atoms with Crippen molar-refractivity contribution in [2.24, 2.45) is 0 Å². The zero-order valence-corrected chi connectivity index (χ0v) is 17.1. The molecule has 0 N–H and O–H groups in total. The Morgan fingerprint density at radius 1 is 0.469 bits per heavy atom. The number of rotatable bonds is 2. The molecular formula is C27H17N5. The van der Waals surface area contributed by atoms with Gasteiger partial charge in [0.25, 0.3) is 0 Å². The molecule has 0 amide bonds. The molecule has 5 aromatic heterocycles. The average molecular weight is 411 g/mol. The van der Waals surface area contributed by atoms with Gasteiger partial charge in [0.1, 0.15) is 11.6 Å². The van der Waals surface area contributed by atoms with Crippen LogP contribution in [-0.4, -0.2) is 24.1 Å². The molecule has 7 rings (SSSR count). The van der Waals surface area contributed by atoms with Crippen molar-refractivity contribution in [2.45, 2.75) is 0 Å². The third-order valence-corrected chi connectivity index (χ3v) is 6.07. The van der Waals surface area contributed by atoms with Crippen LogP contribution in [0, 0.1) is 0 Å². The molecule has 0 radical (unpaired) electrons. The third-order valence-electron chi connectivity index (χ3n) is 6.07. The molecule has 0 aliphatic carbocycles. The Kier molecular flexibility index (Phi) is 3.49. The van der Waals surface area contributed by atoms with Crippen LogP contribution in [0.25, 0.3) is 55.4 Å². The first-order chi connectivity index (χ1) is 15.9. The van der Waals surface area contributed by atoms with Crippen molar-refractivity contribution >= 4 is 43.7 Å². The predicted octanol–water partition coefficient (Wildman–Crippen LogP) is 6.07. The van der Waals surface area contributed by atoms with Crippen LogP contribution >= 0.6 is 0 Å². The molecule has 150 valence electrons. The molecule has 32 heavy (non-hydrogen) atoms.